The van der Waals surface area contributed by atoms with E-state index >= 15 is 0 Å². The van der Waals surface area contributed by atoms with E-state index in [0.29, 0.717) is 0 Å². The summed E-state index contributed by atoms with van der Waals surface area (Å²) in [5.41, 5.74) is 11.0. The highest BCUT2D eigenvalue weighted by Gasteiger charge is 2.41. The lowest BCUT2D eigenvalue weighted by Gasteiger charge is -2.39. The third kappa shape index (κ3) is 9.85. The summed E-state index contributed by atoms with van der Waals surface area (Å²) in [7, 11) is 4.71. The molecule has 2 aromatic heterocycles. The van der Waals surface area contributed by atoms with E-state index in [-0.39, 0.29) is 30.3 Å². The summed E-state index contributed by atoms with van der Waals surface area (Å²) >= 11 is 0. The second-order valence-corrected chi connectivity index (χ2v) is 22.2. The van der Waals surface area contributed by atoms with Crippen LogP contribution in [0.1, 0.15) is 142 Å². The first-order chi connectivity index (χ1) is 30.8. The fourth-order valence-corrected chi connectivity index (χ4v) is 9.90. The van der Waals surface area contributed by atoms with E-state index in [9.17, 15) is 0 Å². The molecule has 8 rings (SSSR count). The van der Waals surface area contributed by atoms with Gasteiger partial charge in [-0.15, -0.1) is 9.24 Å². The normalized spacial score (nSPS) is 13.5. The van der Waals surface area contributed by atoms with Crippen molar-refractivity contribution in [2.45, 2.75) is 136 Å². The van der Waals surface area contributed by atoms with Crippen molar-refractivity contribution >= 4 is 62.9 Å². The maximum Gasteiger partial charge on any atom is 0.173 e. The molecule has 0 fully saturated rings. The number of methoxy groups -OCH3 is 1. The Bertz CT molecular complexity index is 2730. The summed E-state index contributed by atoms with van der Waals surface area (Å²) in [5.74, 6) is 3.14. The SMILES string of the molecule is C=Cc1[nH]c2ccccc2c1C=C.CCC(CC)(POc1cc(C(C)(C)C)cc2c1Oc1c(OC)cc(C(C)(C)C)cc1C2(C)C)n1c2ccccc2c2ccccc21.CCC(P)CC. The van der Waals surface area contributed by atoms with Gasteiger partial charge in [-0.05, 0) is 89.7 Å². The van der Waals surface area contributed by atoms with E-state index in [2.05, 4.69) is 200 Å². The maximum atomic E-state index is 7.11. The van der Waals surface area contributed by atoms with Crippen LogP contribution < -0.4 is 14.0 Å². The average Bonchev–Trinajstić information content (AvgIpc) is 3.84. The van der Waals surface area contributed by atoms with Crippen LogP contribution in [-0.4, -0.2) is 22.3 Å². The lowest BCUT2D eigenvalue weighted by atomic mass is 9.72. The van der Waals surface area contributed by atoms with Gasteiger partial charge in [0.1, 0.15) is 8.81 Å². The van der Waals surface area contributed by atoms with Crippen LogP contribution in [-0.2, 0) is 21.5 Å². The van der Waals surface area contributed by atoms with Crippen LogP contribution in [0.25, 0.3) is 44.9 Å². The zero-order chi connectivity index (χ0) is 47.5. The van der Waals surface area contributed by atoms with Gasteiger partial charge in [0.15, 0.2) is 23.0 Å². The van der Waals surface area contributed by atoms with Crippen LogP contribution in [0.4, 0.5) is 0 Å². The number of aromatic nitrogens is 2. The molecule has 0 spiro atoms. The van der Waals surface area contributed by atoms with Gasteiger partial charge in [-0.2, -0.15) is 0 Å². The number of aromatic amines is 1. The molecule has 65 heavy (non-hydrogen) atoms. The van der Waals surface area contributed by atoms with Crippen LogP contribution in [0, 0.1) is 0 Å². The van der Waals surface area contributed by atoms with E-state index in [1.807, 2.05) is 24.3 Å². The van der Waals surface area contributed by atoms with Gasteiger partial charge < -0.3 is 23.5 Å². The monoisotopic (exact) mass is 909 g/mol. The molecule has 5 aromatic carbocycles. The summed E-state index contributed by atoms with van der Waals surface area (Å²) in [6, 6.07) is 34.7. The Morgan fingerprint density at radius 1 is 0.708 bits per heavy atom. The third-order valence-electron chi connectivity index (χ3n) is 13.4. The van der Waals surface area contributed by atoms with E-state index in [0.717, 1.165) is 69.4 Å². The van der Waals surface area contributed by atoms with Gasteiger partial charge in [-0.1, -0.05) is 169 Å². The molecule has 0 bridgehead atoms. The fraction of sp³-hybridized carbons (Fsp3) is 0.379. The Kier molecular flexibility index (Phi) is 15.2. The van der Waals surface area contributed by atoms with Crippen molar-refractivity contribution in [1.82, 2.24) is 9.55 Å². The van der Waals surface area contributed by atoms with Crippen molar-refractivity contribution in [3.05, 3.63) is 144 Å². The molecule has 0 saturated heterocycles. The quantitative estimate of drug-likeness (QED) is 0.132. The lowest BCUT2D eigenvalue weighted by Crippen LogP contribution is -2.29. The molecule has 0 radical (unpaired) electrons. The topological polar surface area (TPSA) is 48.4 Å². The fourth-order valence-electron chi connectivity index (χ4n) is 8.83. The molecule has 2 atom stereocenters. The molecule has 1 N–H and O–H groups in total. The highest BCUT2D eigenvalue weighted by atomic mass is 31.1. The van der Waals surface area contributed by atoms with Crippen LogP contribution >= 0.6 is 18.0 Å². The zero-order valence-electron chi connectivity index (χ0n) is 41.5. The number of ether oxygens (including phenoxy) is 2. The van der Waals surface area contributed by atoms with Crippen LogP contribution in [0.2, 0.25) is 0 Å². The molecule has 1 aliphatic rings. The Labute approximate surface area is 394 Å². The van der Waals surface area contributed by atoms with E-state index in [4.69, 9.17) is 14.0 Å². The molecule has 7 heteroatoms. The highest BCUT2D eigenvalue weighted by molar-refractivity contribution is 7.34. The Hall–Kier alpha value is -4.82. The van der Waals surface area contributed by atoms with Gasteiger partial charge >= 0.3 is 0 Å². The van der Waals surface area contributed by atoms with Crippen molar-refractivity contribution in [3.63, 3.8) is 0 Å². The predicted molar refractivity (Wildman–Crippen MR) is 289 cm³/mol. The van der Waals surface area contributed by atoms with Gasteiger partial charge in [0.2, 0.25) is 0 Å². The Morgan fingerprint density at radius 3 is 1.63 bits per heavy atom. The van der Waals surface area contributed by atoms with Gasteiger partial charge in [0.05, 0.1) is 23.4 Å². The van der Waals surface area contributed by atoms with Gasteiger partial charge in [0, 0.05) is 49.5 Å². The standard InChI is InChI=1S/C41H50NO3P.C12H11N.C5H13P/c1-12-41(13-2,42-32-20-16-14-18-28(32)29-19-15-17-21-33(29)42)46-45-35-25-27(39(6,7)8)23-31-37(35)44-36-30(40(31,9)10)22-26(38(3,4)5)24-34(36)43-11;1-3-9-10-7-5-6-8-12(10)13-11(9)4-2;1-3-5(6)4-2/h14-25,46H,12-13H2,1-11H3;3-8,13H,1-2H2;5H,3-4,6H2,1-2H3. The molecule has 1 aliphatic heterocycles. The number of hydrogen-bond donors (Lipinski definition) is 1. The van der Waals surface area contributed by atoms with Gasteiger partial charge in [-0.25, -0.2) is 0 Å². The largest absolute Gasteiger partial charge is 0.493 e. The smallest absolute Gasteiger partial charge is 0.173 e. The number of rotatable bonds is 11. The second-order valence-electron chi connectivity index (χ2n) is 19.9. The molecule has 344 valence electrons. The van der Waals surface area contributed by atoms with Crippen molar-refractivity contribution in [3.8, 4) is 23.0 Å². The lowest BCUT2D eigenvalue weighted by molar-refractivity contribution is 0.346. The summed E-state index contributed by atoms with van der Waals surface area (Å²) in [4.78, 5) is 3.28. The minimum absolute atomic E-state index is 0.0300. The number of para-hydroxylation sites is 3. The van der Waals surface area contributed by atoms with Gasteiger partial charge in [-0.3, -0.25) is 0 Å². The molecular weight excluding hydrogens is 835 g/mol. The van der Waals surface area contributed by atoms with Crippen molar-refractivity contribution in [2.24, 2.45) is 0 Å². The summed E-state index contributed by atoms with van der Waals surface area (Å²) in [5, 5.41) is 3.52. The molecule has 7 aromatic rings. The van der Waals surface area contributed by atoms with Crippen molar-refractivity contribution in [1.29, 1.82) is 0 Å². The third-order valence-corrected chi connectivity index (χ3v) is 16.0. The number of nitrogens with zero attached hydrogens (tertiary/aromatic N) is 1. The molecule has 0 aliphatic carbocycles. The van der Waals surface area contributed by atoms with E-state index < -0.39 is 0 Å². The first kappa shape index (κ1) is 49.6. The first-order valence-corrected chi connectivity index (χ1v) is 25.0. The predicted octanol–water partition coefficient (Wildman–Crippen LogP) is 17.5. The molecule has 0 amide bonds. The maximum absolute atomic E-state index is 7.11. The Morgan fingerprint density at radius 2 is 1.18 bits per heavy atom. The molecular formula is C58H74N2O3P2. The second kappa shape index (κ2) is 20.0. The van der Waals surface area contributed by atoms with Crippen LogP contribution in [0.3, 0.4) is 0 Å². The van der Waals surface area contributed by atoms with Crippen LogP contribution in [0.5, 0.6) is 23.0 Å². The number of H-pyrrole nitrogens is 1. The first-order valence-electron chi connectivity index (χ1n) is 23.5. The average molecular weight is 909 g/mol. The summed E-state index contributed by atoms with van der Waals surface area (Å²) < 4.78 is 22.6. The molecule has 3 heterocycles. The highest BCUT2D eigenvalue weighted by Crippen LogP contribution is 2.58. The van der Waals surface area contributed by atoms with E-state index in [1.165, 1.54) is 51.2 Å². The molecule has 5 nitrogen and oxygen atoms in total. The number of benzene rings is 5. The Balaban J connectivity index is 0.000000304. The van der Waals surface area contributed by atoms with E-state index in [1.54, 1.807) is 7.11 Å². The molecule has 0 saturated carbocycles. The molecule has 2 unspecified atom stereocenters. The summed E-state index contributed by atoms with van der Waals surface area (Å²) in [6.45, 7) is 34.7. The zero-order valence-corrected chi connectivity index (χ0v) is 43.6. The minimum atomic E-state index is -0.334. The van der Waals surface area contributed by atoms with Crippen LogP contribution in [0.15, 0.2) is 110 Å². The minimum Gasteiger partial charge on any atom is -0.493 e. The summed E-state index contributed by atoms with van der Waals surface area (Å²) in [6.07, 6.45) is 8.13. The number of fused-ring (bicyclic) bond motifs is 6. The van der Waals surface area contributed by atoms with Crippen molar-refractivity contribution in [2.75, 3.05) is 7.11 Å². The number of hydrogen-bond acceptors (Lipinski definition) is 3. The van der Waals surface area contributed by atoms with Gasteiger partial charge in [0.25, 0.3) is 0 Å². The van der Waals surface area contributed by atoms with Crippen molar-refractivity contribution < 1.29 is 14.0 Å². The number of nitrogens with one attached hydrogen (secondary N) is 1.